The van der Waals surface area contributed by atoms with Crippen LogP contribution in [0.2, 0.25) is 0 Å². The van der Waals surface area contributed by atoms with Crippen LogP contribution in [0, 0.1) is 0 Å². The molecule has 3 rings (SSSR count). The Balaban J connectivity index is 0.00000147. The van der Waals surface area contributed by atoms with E-state index in [0.717, 1.165) is 18.7 Å². The van der Waals surface area contributed by atoms with Crippen LogP contribution in [-0.4, -0.2) is 12.6 Å². The van der Waals surface area contributed by atoms with Gasteiger partial charge in [0.25, 0.3) is 0 Å². The van der Waals surface area contributed by atoms with Gasteiger partial charge in [-0.3, -0.25) is 0 Å². The zero-order chi connectivity index (χ0) is 12.9. The maximum Gasteiger partial charge on any atom is 0.119 e. The lowest BCUT2D eigenvalue weighted by Crippen LogP contribution is -2.40. The van der Waals surface area contributed by atoms with Gasteiger partial charge in [-0.15, -0.1) is 12.4 Å². The average Bonchev–Trinajstić information content (AvgIpc) is 2.50. The number of rotatable bonds is 3. The Hall–Kier alpha value is -1.51. The van der Waals surface area contributed by atoms with E-state index in [-0.39, 0.29) is 24.6 Å². The molecule has 2 atom stereocenters. The molecule has 0 amide bonds. The molecule has 3 heteroatoms. The average molecular weight is 290 g/mol. The third-order valence-electron chi connectivity index (χ3n) is 3.59. The van der Waals surface area contributed by atoms with Gasteiger partial charge in [-0.05, 0) is 37.1 Å². The second-order valence-corrected chi connectivity index (χ2v) is 4.95. The molecule has 2 nitrogen and oxygen atoms in total. The van der Waals surface area contributed by atoms with E-state index in [9.17, 15) is 0 Å². The summed E-state index contributed by atoms with van der Waals surface area (Å²) in [5, 5.41) is 3.58. The van der Waals surface area contributed by atoms with Crippen molar-refractivity contribution in [2.45, 2.75) is 25.0 Å². The SMILES string of the molecule is Cl.c1ccc(OC2CCCNC2c2ccccc2)cc1. The fraction of sp³-hybridized carbons (Fsp3) is 0.294. The second-order valence-electron chi connectivity index (χ2n) is 4.95. The van der Waals surface area contributed by atoms with Crippen LogP contribution in [0.1, 0.15) is 24.4 Å². The lowest BCUT2D eigenvalue weighted by Gasteiger charge is -2.33. The number of halogens is 1. The van der Waals surface area contributed by atoms with Gasteiger partial charge in [0.1, 0.15) is 11.9 Å². The van der Waals surface area contributed by atoms with Crippen LogP contribution in [0.4, 0.5) is 0 Å². The number of para-hydroxylation sites is 1. The Morgan fingerprint density at radius 1 is 0.900 bits per heavy atom. The molecule has 0 radical (unpaired) electrons. The van der Waals surface area contributed by atoms with Gasteiger partial charge < -0.3 is 10.1 Å². The first-order valence-corrected chi connectivity index (χ1v) is 6.93. The van der Waals surface area contributed by atoms with Crippen LogP contribution < -0.4 is 10.1 Å². The minimum absolute atomic E-state index is 0. The van der Waals surface area contributed by atoms with Crippen LogP contribution >= 0.6 is 12.4 Å². The smallest absolute Gasteiger partial charge is 0.119 e. The van der Waals surface area contributed by atoms with Crippen molar-refractivity contribution in [3.63, 3.8) is 0 Å². The third kappa shape index (κ3) is 3.53. The summed E-state index contributed by atoms with van der Waals surface area (Å²) >= 11 is 0. The summed E-state index contributed by atoms with van der Waals surface area (Å²) in [4.78, 5) is 0. The molecule has 2 aromatic carbocycles. The van der Waals surface area contributed by atoms with Gasteiger partial charge in [-0.25, -0.2) is 0 Å². The van der Waals surface area contributed by atoms with Crippen molar-refractivity contribution in [3.05, 3.63) is 66.2 Å². The van der Waals surface area contributed by atoms with Crippen molar-refractivity contribution in [2.24, 2.45) is 0 Å². The highest BCUT2D eigenvalue weighted by atomic mass is 35.5. The Bertz CT molecular complexity index is 503. The van der Waals surface area contributed by atoms with Crippen molar-refractivity contribution < 1.29 is 4.74 Å². The van der Waals surface area contributed by atoms with Crippen molar-refractivity contribution >= 4 is 12.4 Å². The number of hydrogen-bond acceptors (Lipinski definition) is 2. The third-order valence-corrected chi connectivity index (χ3v) is 3.59. The number of nitrogens with one attached hydrogen (secondary N) is 1. The summed E-state index contributed by atoms with van der Waals surface area (Å²) in [6, 6.07) is 21.0. The van der Waals surface area contributed by atoms with Crippen molar-refractivity contribution in [1.29, 1.82) is 0 Å². The van der Waals surface area contributed by atoms with Gasteiger partial charge in [0.2, 0.25) is 0 Å². The molecule has 106 valence electrons. The van der Waals surface area contributed by atoms with E-state index in [4.69, 9.17) is 4.74 Å². The second kappa shape index (κ2) is 7.32. The molecule has 1 saturated heterocycles. The molecule has 0 bridgehead atoms. The Morgan fingerprint density at radius 3 is 2.25 bits per heavy atom. The Labute approximate surface area is 126 Å². The summed E-state index contributed by atoms with van der Waals surface area (Å²) in [6.07, 6.45) is 2.47. The minimum Gasteiger partial charge on any atom is -0.488 e. The Morgan fingerprint density at radius 2 is 1.55 bits per heavy atom. The predicted molar refractivity (Wildman–Crippen MR) is 84.5 cm³/mol. The lowest BCUT2D eigenvalue weighted by atomic mass is 9.94. The van der Waals surface area contributed by atoms with E-state index in [1.54, 1.807) is 0 Å². The molecule has 1 aliphatic heterocycles. The van der Waals surface area contributed by atoms with E-state index in [1.807, 2.05) is 30.3 Å². The van der Waals surface area contributed by atoms with E-state index in [1.165, 1.54) is 12.0 Å². The first-order chi connectivity index (χ1) is 9.43. The van der Waals surface area contributed by atoms with Crippen molar-refractivity contribution in [2.75, 3.05) is 6.54 Å². The summed E-state index contributed by atoms with van der Waals surface area (Å²) in [6.45, 7) is 1.06. The topological polar surface area (TPSA) is 21.3 Å². The molecule has 1 aliphatic rings. The van der Waals surface area contributed by atoms with Gasteiger partial charge in [0.15, 0.2) is 0 Å². The Kier molecular flexibility index (Phi) is 5.45. The monoisotopic (exact) mass is 289 g/mol. The van der Waals surface area contributed by atoms with Crippen molar-refractivity contribution in [3.8, 4) is 5.75 Å². The van der Waals surface area contributed by atoms with E-state index in [0.29, 0.717) is 0 Å². The minimum atomic E-state index is 0. The predicted octanol–water partition coefficient (Wildman–Crippen LogP) is 3.98. The zero-order valence-corrected chi connectivity index (χ0v) is 12.2. The zero-order valence-electron chi connectivity index (χ0n) is 11.4. The number of benzene rings is 2. The molecule has 2 aromatic rings. The standard InChI is InChI=1S/C17H19NO.ClH/c1-3-8-14(9-4-1)17-16(12-7-13-18-17)19-15-10-5-2-6-11-15;/h1-6,8-11,16-18H,7,12-13H2;1H. The van der Waals surface area contributed by atoms with Crippen LogP contribution in [0.5, 0.6) is 5.75 Å². The van der Waals surface area contributed by atoms with Crippen LogP contribution in [0.15, 0.2) is 60.7 Å². The van der Waals surface area contributed by atoms with E-state index >= 15 is 0 Å². The summed E-state index contributed by atoms with van der Waals surface area (Å²) in [5.41, 5.74) is 1.31. The van der Waals surface area contributed by atoms with Gasteiger partial charge in [0, 0.05) is 0 Å². The van der Waals surface area contributed by atoms with E-state index in [2.05, 4.69) is 35.6 Å². The molecule has 0 aliphatic carbocycles. The summed E-state index contributed by atoms with van der Waals surface area (Å²) in [5.74, 6) is 0.956. The maximum atomic E-state index is 6.16. The molecule has 20 heavy (non-hydrogen) atoms. The summed E-state index contributed by atoms with van der Waals surface area (Å²) < 4.78 is 6.16. The molecule has 1 fully saturated rings. The van der Waals surface area contributed by atoms with Crippen LogP contribution in [0.3, 0.4) is 0 Å². The fourth-order valence-corrected chi connectivity index (χ4v) is 2.65. The van der Waals surface area contributed by atoms with Gasteiger partial charge in [0.05, 0.1) is 6.04 Å². The first kappa shape index (κ1) is 14.9. The number of piperidine rings is 1. The van der Waals surface area contributed by atoms with Crippen LogP contribution in [-0.2, 0) is 0 Å². The largest absolute Gasteiger partial charge is 0.488 e. The highest BCUT2D eigenvalue weighted by molar-refractivity contribution is 5.85. The maximum absolute atomic E-state index is 6.16. The molecule has 0 spiro atoms. The molecular formula is C17H20ClNO. The molecule has 0 aromatic heterocycles. The molecule has 0 saturated carbocycles. The van der Waals surface area contributed by atoms with Crippen LogP contribution in [0.25, 0.3) is 0 Å². The quantitative estimate of drug-likeness (QED) is 0.923. The molecule has 2 unspecified atom stereocenters. The van der Waals surface area contributed by atoms with Gasteiger partial charge in [-0.2, -0.15) is 0 Å². The van der Waals surface area contributed by atoms with E-state index < -0.39 is 0 Å². The molecule has 1 heterocycles. The van der Waals surface area contributed by atoms with Crippen molar-refractivity contribution in [1.82, 2.24) is 5.32 Å². The normalized spacial score (nSPS) is 21.8. The van der Waals surface area contributed by atoms with Gasteiger partial charge >= 0.3 is 0 Å². The molecular weight excluding hydrogens is 270 g/mol. The molecule has 1 N–H and O–H groups in total. The number of ether oxygens (including phenoxy) is 1. The number of hydrogen-bond donors (Lipinski definition) is 1. The van der Waals surface area contributed by atoms with Gasteiger partial charge in [-0.1, -0.05) is 48.5 Å². The summed E-state index contributed by atoms with van der Waals surface area (Å²) in [7, 11) is 0. The lowest BCUT2D eigenvalue weighted by molar-refractivity contribution is 0.120. The highest BCUT2D eigenvalue weighted by Crippen LogP contribution is 2.27. The highest BCUT2D eigenvalue weighted by Gasteiger charge is 2.27. The fourth-order valence-electron chi connectivity index (χ4n) is 2.65. The first-order valence-electron chi connectivity index (χ1n) is 6.93.